The van der Waals surface area contributed by atoms with Crippen LogP contribution in [0.5, 0.6) is 5.75 Å². The van der Waals surface area contributed by atoms with E-state index in [9.17, 15) is 31.0 Å². The van der Waals surface area contributed by atoms with Crippen LogP contribution in [0.25, 0.3) is 21.5 Å². The maximum absolute atomic E-state index is 12.1. The predicted octanol–water partition coefficient (Wildman–Crippen LogP) is 4.61. The number of azo groups is 1. The van der Waals surface area contributed by atoms with Crippen LogP contribution in [0.3, 0.4) is 0 Å². The Hall–Kier alpha value is -3.38. The summed E-state index contributed by atoms with van der Waals surface area (Å²) in [6, 6.07) is 15.8. The van der Waals surface area contributed by atoms with Gasteiger partial charge >= 0.3 is 0 Å². The molecule has 0 saturated heterocycles. The van der Waals surface area contributed by atoms with Gasteiger partial charge in [0.2, 0.25) is 0 Å². The second-order valence-corrected chi connectivity index (χ2v) is 9.31. The van der Waals surface area contributed by atoms with Crippen LogP contribution in [0.15, 0.2) is 86.7 Å². The Morgan fingerprint density at radius 3 is 1.87 bits per heavy atom. The summed E-state index contributed by atoms with van der Waals surface area (Å²) in [6.45, 7) is 0. The molecular weight excluding hydrogens is 444 g/mol. The molecule has 31 heavy (non-hydrogen) atoms. The number of fused-ring (bicyclic) bond motifs is 2. The SMILES string of the molecule is O=S(=O)(O)c1cccc2c(S(=O)(=O)O)c(N=Nc3ccc(O)c4ccccc34)ccc12. The summed E-state index contributed by atoms with van der Waals surface area (Å²) in [5, 5.41) is 18.8. The quantitative estimate of drug-likeness (QED) is 0.298. The Bertz CT molecular complexity index is 1600. The van der Waals surface area contributed by atoms with Crippen molar-refractivity contribution in [1.29, 1.82) is 0 Å². The Kier molecular flexibility index (Phi) is 4.98. The summed E-state index contributed by atoms with van der Waals surface area (Å²) in [5.74, 6) is 0.0385. The zero-order chi connectivity index (χ0) is 22.4. The minimum atomic E-state index is -4.85. The monoisotopic (exact) mass is 458 g/mol. The first kappa shape index (κ1) is 20.9. The zero-order valence-corrected chi connectivity index (χ0v) is 17.2. The van der Waals surface area contributed by atoms with Crippen molar-refractivity contribution >= 4 is 53.2 Å². The average molecular weight is 458 g/mol. The predicted molar refractivity (Wildman–Crippen MR) is 113 cm³/mol. The summed E-state index contributed by atoms with van der Waals surface area (Å²) in [6.07, 6.45) is 0. The molecule has 0 saturated carbocycles. The lowest BCUT2D eigenvalue weighted by atomic mass is 10.1. The van der Waals surface area contributed by atoms with Crippen molar-refractivity contribution in [1.82, 2.24) is 0 Å². The number of aromatic hydroxyl groups is 1. The van der Waals surface area contributed by atoms with Crippen molar-refractivity contribution < 1.29 is 31.0 Å². The van der Waals surface area contributed by atoms with E-state index in [2.05, 4.69) is 10.2 Å². The maximum atomic E-state index is 12.1. The number of hydrogen-bond donors (Lipinski definition) is 3. The first-order valence-electron chi connectivity index (χ1n) is 8.70. The number of benzene rings is 4. The van der Waals surface area contributed by atoms with Crippen LogP contribution in [0.2, 0.25) is 0 Å². The third-order valence-electron chi connectivity index (χ3n) is 4.63. The van der Waals surface area contributed by atoms with Crippen molar-refractivity contribution in [2.75, 3.05) is 0 Å². The molecule has 4 aromatic carbocycles. The molecule has 0 aliphatic rings. The molecule has 0 bridgehead atoms. The molecular formula is C20H14N2O7S2. The maximum Gasteiger partial charge on any atom is 0.297 e. The fourth-order valence-electron chi connectivity index (χ4n) is 3.33. The highest BCUT2D eigenvalue weighted by atomic mass is 32.2. The highest BCUT2D eigenvalue weighted by Gasteiger charge is 2.23. The Morgan fingerprint density at radius 2 is 1.19 bits per heavy atom. The summed E-state index contributed by atoms with van der Waals surface area (Å²) in [7, 11) is -9.49. The molecule has 158 valence electrons. The Morgan fingerprint density at radius 1 is 0.581 bits per heavy atom. The minimum absolute atomic E-state index is 0.0385. The van der Waals surface area contributed by atoms with Gasteiger partial charge in [0.05, 0.1) is 5.69 Å². The highest BCUT2D eigenvalue weighted by molar-refractivity contribution is 7.86. The highest BCUT2D eigenvalue weighted by Crippen LogP contribution is 2.37. The largest absolute Gasteiger partial charge is 0.507 e. The number of rotatable bonds is 4. The topological polar surface area (TPSA) is 154 Å². The van der Waals surface area contributed by atoms with E-state index in [1.807, 2.05) is 0 Å². The van der Waals surface area contributed by atoms with E-state index in [4.69, 9.17) is 0 Å². The van der Waals surface area contributed by atoms with Crippen molar-refractivity contribution in [3.05, 3.63) is 66.7 Å². The van der Waals surface area contributed by atoms with Crippen LogP contribution in [-0.2, 0) is 20.2 Å². The van der Waals surface area contributed by atoms with Gasteiger partial charge in [0.1, 0.15) is 21.2 Å². The first-order valence-corrected chi connectivity index (χ1v) is 11.6. The van der Waals surface area contributed by atoms with Crippen LogP contribution in [0.4, 0.5) is 11.4 Å². The van der Waals surface area contributed by atoms with E-state index < -0.39 is 30.0 Å². The van der Waals surface area contributed by atoms with Crippen molar-refractivity contribution in [3.63, 3.8) is 0 Å². The van der Waals surface area contributed by atoms with Gasteiger partial charge in [0.25, 0.3) is 20.2 Å². The molecule has 0 aliphatic carbocycles. The fourth-order valence-corrected chi connectivity index (χ4v) is 4.86. The average Bonchev–Trinajstić information content (AvgIpc) is 2.71. The molecule has 3 N–H and O–H groups in total. The molecule has 0 fully saturated rings. The molecule has 0 aliphatic heterocycles. The molecule has 9 nitrogen and oxygen atoms in total. The Balaban J connectivity index is 1.97. The molecule has 11 heteroatoms. The van der Waals surface area contributed by atoms with Gasteiger partial charge in [-0.3, -0.25) is 9.11 Å². The van der Waals surface area contributed by atoms with Gasteiger partial charge in [-0.25, -0.2) is 0 Å². The molecule has 0 aromatic heterocycles. The molecule has 0 unspecified atom stereocenters. The molecule has 4 rings (SSSR count). The first-order chi connectivity index (χ1) is 14.6. The van der Waals surface area contributed by atoms with E-state index >= 15 is 0 Å². The second-order valence-electron chi connectivity index (χ2n) is 6.56. The second kappa shape index (κ2) is 7.39. The normalized spacial score (nSPS) is 12.7. The summed E-state index contributed by atoms with van der Waals surface area (Å²) in [4.78, 5) is -1.16. The Labute approximate surface area is 176 Å². The molecule has 0 spiro atoms. The van der Waals surface area contributed by atoms with Gasteiger partial charge in [-0.15, -0.1) is 10.2 Å². The standard InChI is InChI=1S/C20H14N2O7S2/c23-18-11-10-16(12-4-1-2-5-13(12)18)21-22-17-9-8-14-15(20(17)31(27,28)29)6-3-7-19(14)30(24,25)26/h1-11,23H,(H,24,25,26)(H,27,28,29). The number of nitrogens with zero attached hydrogens (tertiary/aromatic N) is 2. The van der Waals surface area contributed by atoms with Crippen LogP contribution in [0.1, 0.15) is 0 Å². The smallest absolute Gasteiger partial charge is 0.297 e. The van der Waals surface area contributed by atoms with E-state index in [1.165, 1.54) is 36.4 Å². The zero-order valence-electron chi connectivity index (χ0n) is 15.5. The third kappa shape index (κ3) is 3.86. The van der Waals surface area contributed by atoms with Crippen molar-refractivity contribution in [2.45, 2.75) is 9.79 Å². The van der Waals surface area contributed by atoms with Gasteiger partial charge in [-0.2, -0.15) is 16.8 Å². The lowest BCUT2D eigenvalue weighted by Gasteiger charge is -2.09. The van der Waals surface area contributed by atoms with Gasteiger partial charge < -0.3 is 5.11 Å². The van der Waals surface area contributed by atoms with Gasteiger partial charge in [-0.05, 0) is 24.3 Å². The van der Waals surface area contributed by atoms with Crippen LogP contribution < -0.4 is 0 Å². The molecule has 0 heterocycles. The van der Waals surface area contributed by atoms with Crippen LogP contribution >= 0.6 is 0 Å². The molecule has 0 amide bonds. The van der Waals surface area contributed by atoms with Crippen LogP contribution in [0, 0.1) is 0 Å². The van der Waals surface area contributed by atoms with Crippen molar-refractivity contribution in [3.8, 4) is 5.75 Å². The van der Waals surface area contributed by atoms with E-state index in [-0.39, 0.29) is 22.2 Å². The molecule has 4 aromatic rings. The van der Waals surface area contributed by atoms with Gasteiger partial charge in [0.15, 0.2) is 0 Å². The summed E-state index contributed by atoms with van der Waals surface area (Å²) < 4.78 is 66.7. The van der Waals surface area contributed by atoms with E-state index in [0.29, 0.717) is 16.5 Å². The van der Waals surface area contributed by atoms with Crippen molar-refractivity contribution in [2.24, 2.45) is 10.2 Å². The minimum Gasteiger partial charge on any atom is -0.507 e. The third-order valence-corrected chi connectivity index (χ3v) is 6.49. The number of phenols is 1. The van der Waals surface area contributed by atoms with E-state index in [1.54, 1.807) is 24.3 Å². The lowest BCUT2D eigenvalue weighted by molar-refractivity contribution is 0.481. The molecule has 0 radical (unpaired) electrons. The van der Waals surface area contributed by atoms with Gasteiger partial charge in [0, 0.05) is 21.5 Å². The number of hydrogen-bond acceptors (Lipinski definition) is 7. The lowest BCUT2D eigenvalue weighted by Crippen LogP contribution is -2.03. The van der Waals surface area contributed by atoms with Gasteiger partial charge in [-0.1, -0.05) is 42.5 Å². The summed E-state index contributed by atoms with van der Waals surface area (Å²) >= 11 is 0. The number of phenolic OH excluding ortho intramolecular Hbond substituents is 1. The fraction of sp³-hybridized carbons (Fsp3) is 0. The van der Waals surface area contributed by atoms with Crippen LogP contribution in [-0.4, -0.2) is 31.0 Å². The van der Waals surface area contributed by atoms with E-state index in [0.717, 1.165) is 6.07 Å². The summed E-state index contributed by atoms with van der Waals surface area (Å²) in [5.41, 5.74) is 0.0983. The molecule has 0 atom stereocenters.